The third kappa shape index (κ3) is 3.06. The highest BCUT2D eigenvalue weighted by atomic mass is 16.5. The molecule has 1 N–H and O–H groups in total. The van der Waals surface area contributed by atoms with Gasteiger partial charge >= 0.3 is 0 Å². The van der Waals surface area contributed by atoms with Gasteiger partial charge in [0.1, 0.15) is 18.0 Å². The van der Waals surface area contributed by atoms with Crippen LogP contribution in [0.15, 0.2) is 42.2 Å². The molecule has 0 atom stereocenters. The number of allylic oxidation sites excluding steroid dienone is 1. The summed E-state index contributed by atoms with van der Waals surface area (Å²) in [5.74, 6) is 1.23. The van der Waals surface area contributed by atoms with Crippen LogP contribution >= 0.6 is 0 Å². The first-order chi connectivity index (χ1) is 12.7. The van der Waals surface area contributed by atoms with Crippen molar-refractivity contribution in [1.29, 1.82) is 0 Å². The van der Waals surface area contributed by atoms with Crippen molar-refractivity contribution in [2.75, 3.05) is 20.2 Å². The summed E-state index contributed by atoms with van der Waals surface area (Å²) in [6, 6.07) is 10.5. The molecule has 0 spiro atoms. The molecular formula is C21H21NO4. The number of rotatable bonds is 4. The Morgan fingerprint density at radius 3 is 2.58 bits per heavy atom. The number of carbonyl (C=O) groups is 1. The van der Waals surface area contributed by atoms with Crippen LogP contribution in [-0.2, 0) is 6.54 Å². The van der Waals surface area contributed by atoms with Gasteiger partial charge in [0.15, 0.2) is 5.76 Å². The van der Waals surface area contributed by atoms with E-state index in [0.29, 0.717) is 23.4 Å². The molecule has 4 rings (SSSR count). The molecule has 134 valence electrons. The van der Waals surface area contributed by atoms with E-state index in [2.05, 4.69) is 0 Å². The molecule has 0 saturated carbocycles. The summed E-state index contributed by atoms with van der Waals surface area (Å²) in [6.07, 6.45) is 4.07. The predicted octanol–water partition coefficient (Wildman–Crippen LogP) is 1.56. The van der Waals surface area contributed by atoms with Crippen LogP contribution in [0.1, 0.15) is 34.3 Å². The third-order valence-electron chi connectivity index (χ3n) is 5.05. The lowest BCUT2D eigenvalue weighted by molar-refractivity contribution is -0.901. The number of Topliss-reactive ketones (excluding diaryl/α,β-unsaturated/α-hetero) is 1. The van der Waals surface area contributed by atoms with Crippen LogP contribution < -0.4 is 19.5 Å². The van der Waals surface area contributed by atoms with Gasteiger partial charge in [-0.2, -0.15) is 0 Å². The van der Waals surface area contributed by atoms with Gasteiger partial charge in [-0.3, -0.25) is 4.79 Å². The Kier molecular flexibility index (Phi) is 4.39. The second-order valence-corrected chi connectivity index (χ2v) is 6.77. The summed E-state index contributed by atoms with van der Waals surface area (Å²) in [5.41, 5.74) is 1.94. The van der Waals surface area contributed by atoms with E-state index >= 15 is 0 Å². The molecule has 1 fully saturated rings. The summed E-state index contributed by atoms with van der Waals surface area (Å²) in [5, 5.41) is 12.4. The smallest absolute Gasteiger partial charge is 0.231 e. The molecule has 5 nitrogen and oxygen atoms in total. The number of benzene rings is 2. The maximum Gasteiger partial charge on any atom is 0.231 e. The van der Waals surface area contributed by atoms with Gasteiger partial charge in [-0.25, -0.2) is 0 Å². The molecule has 2 aliphatic heterocycles. The van der Waals surface area contributed by atoms with Crippen molar-refractivity contribution >= 4 is 11.9 Å². The molecular weight excluding hydrogens is 330 g/mol. The highest BCUT2D eigenvalue weighted by Gasteiger charge is 2.31. The molecule has 2 heterocycles. The van der Waals surface area contributed by atoms with Crippen LogP contribution in [0.5, 0.6) is 17.2 Å². The van der Waals surface area contributed by atoms with Crippen molar-refractivity contribution in [3.8, 4) is 17.2 Å². The monoisotopic (exact) mass is 351 g/mol. The Morgan fingerprint density at radius 1 is 1.15 bits per heavy atom. The normalized spacial score (nSPS) is 18.2. The molecule has 2 aliphatic rings. The highest BCUT2D eigenvalue weighted by Crippen LogP contribution is 2.38. The summed E-state index contributed by atoms with van der Waals surface area (Å²) in [7, 11) is 1.61. The van der Waals surface area contributed by atoms with E-state index in [4.69, 9.17) is 9.47 Å². The van der Waals surface area contributed by atoms with Crippen LogP contribution in [0, 0.1) is 0 Å². The van der Waals surface area contributed by atoms with Crippen molar-refractivity contribution in [1.82, 2.24) is 0 Å². The lowest BCUT2D eigenvalue weighted by Gasteiger charge is -2.19. The van der Waals surface area contributed by atoms with Crippen molar-refractivity contribution in [2.45, 2.75) is 19.4 Å². The number of carbonyl (C=O) groups excluding carboxylic acids is 1. The molecule has 0 aromatic heterocycles. The van der Waals surface area contributed by atoms with E-state index < -0.39 is 0 Å². The lowest BCUT2D eigenvalue weighted by Crippen LogP contribution is -3.08. The highest BCUT2D eigenvalue weighted by molar-refractivity contribution is 6.14. The average molecular weight is 351 g/mol. The van der Waals surface area contributed by atoms with Crippen LogP contribution in [-0.4, -0.2) is 26.0 Å². The van der Waals surface area contributed by atoms with Crippen molar-refractivity contribution in [2.24, 2.45) is 0 Å². The molecule has 0 bridgehead atoms. The number of hydrogen-bond donors (Lipinski definition) is 1. The molecule has 26 heavy (non-hydrogen) atoms. The molecule has 5 heteroatoms. The minimum absolute atomic E-state index is 0.0540. The second kappa shape index (κ2) is 6.84. The van der Waals surface area contributed by atoms with Gasteiger partial charge < -0.3 is 19.5 Å². The maximum absolute atomic E-state index is 12.7. The minimum atomic E-state index is -0.173. The molecule has 2 aromatic rings. The Labute approximate surface area is 152 Å². The van der Waals surface area contributed by atoms with Gasteiger partial charge in [-0.05, 0) is 29.8 Å². The van der Waals surface area contributed by atoms with E-state index in [1.165, 1.54) is 23.8 Å². The van der Waals surface area contributed by atoms with Crippen LogP contribution in [0.3, 0.4) is 0 Å². The van der Waals surface area contributed by atoms with E-state index in [1.807, 2.05) is 24.3 Å². The zero-order valence-electron chi connectivity index (χ0n) is 14.7. The van der Waals surface area contributed by atoms with Gasteiger partial charge in [0.25, 0.3) is 0 Å². The first-order valence-corrected chi connectivity index (χ1v) is 8.90. The van der Waals surface area contributed by atoms with Gasteiger partial charge in [-0.15, -0.1) is 0 Å². The van der Waals surface area contributed by atoms with E-state index in [-0.39, 0.29) is 17.3 Å². The van der Waals surface area contributed by atoms with Crippen LogP contribution in [0.2, 0.25) is 0 Å². The quantitative estimate of drug-likeness (QED) is 0.850. The number of ketones is 1. The zero-order valence-corrected chi connectivity index (χ0v) is 14.7. The number of likely N-dealkylation sites (tertiary alicyclic amines) is 1. The number of quaternary nitrogens is 1. The summed E-state index contributed by atoms with van der Waals surface area (Å²) in [4.78, 5) is 14.1. The van der Waals surface area contributed by atoms with E-state index in [1.54, 1.807) is 19.3 Å². The Bertz CT molecular complexity index is 864. The lowest BCUT2D eigenvalue weighted by atomic mass is 10.0. The molecule has 0 amide bonds. The Balaban J connectivity index is 1.64. The number of methoxy groups -OCH3 is 1. The summed E-state index contributed by atoms with van der Waals surface area (Å²) in [6.45, 7) is 2.74. The largest absolute Gasteiger partial charge is 0.872 e. The molecule has 0 radical (unpaired) electrons. The van der Waals surface area contributed by atoms with Gasteiger partial charge in [0.05, 0.1) is 25.8 Å². The van der Waals surface area contributed by atoms with Crippen LogP contribution in [0.4, 0.5) is 0 Å². The van der Waals surface area contributed by atoms with Crippen molar-refractivity contribution in [3.63, 3.8) is 0 Å². The third-order valence-corrected chi connectivity index (χ3v) is 5.05. The van der Waals surface area contributed by atoms with Crippen LogP contribution in [0.25, 0.3) is 6.08 Å². The van der Waals surface area contributed by atoms with Gasteiger partial charge in [0, 0.05) is 18.4 Å². The van der Waals surface area contributed by atoms with Gasteiger partial charge in [0.2, 0.25) is 5.78 Å². The maximum atomic E-state index is 12.7. The van der Waals surface area contributed by atoms with Crippen molar-refractivity contribution in [3.05, 3.63) is 58.8 Å². The number of hydrogen-bond acceptors (Lipinski definition) is 4. The minimum Gasteiger partial charge on any atom is -0.872 e. The zero-order chi connectivity index (χ0) is 18.1. The predicted molar refractivity (Wildman–Crippen MR) is 95.5 cm³/mol. The van der Waals surface area contributed by atoms with E-state index in [0.717, 1.165) is 24.4 Å². The fourth-order valence-electron chi connectivity index (χ4n) is 3.61. The summed E-state index contributed by atoms with van der Waals surface area (Å²) >= 11 is 0. The topological polar surface area (TPSA) is 63.0 Å². The van der Waals surface area contributed by atoms with Crippen molar-refractivity contribution < 1.29 is 24.3 Å². The molecule has 0 aliphatic carbocycles. The first-order valence-electron chi connectivity index (χ1n) is 8.90. The number of nitrogens with one attached hydrogen (secondary N) is 1. The fourth-order valence-corrected chi connectivity index (χ4v) is 3.61. The Hall–Kier alpha value is -2.79. The standard InChI is InChI=1S/C21H21NO4/c1-25-15-6-4-14(5-7-15)12-19-20(24)16-8-9-18(23)17(21(16)26-19)13-22-10-2-3-11-22/h4-9,12,23H,2-3,10-11,13H2,1H3/b19-12-. The van der Waals surface area contributed by atoms with Gasteiger partial charge in [-0.1, -0.05) is 23.9 Å². The Morgan fingerprint density at radius 2 is 1.88 bits per heavy atom. The number of ether oxygens (including phenoxy) is 2. The molecule has 0 unspecified atom stereocenters. The summed E-state index contributed by atoms with van der Waals surface area (Å²) < 4.78 is 11.0. The SMILES string of the molecule is COc1ccc(/C=C2\Oc3c(ccc([O-])c3C[NH+]3CCCC3)C2=O)cc1. The molecule has 1 saturated heterocycles. The fraction of sp³-hybridized carbons (Fsp3) is 0.286. The second-order valence-electron chi connectivity index (χ2n) is 6.77. The first kappa shape index (κ1) is 16.7. The molecule has 2 aromatic carbocycles. The number of fused-ring (bicyclic) bond motifs is 1. The van der Waals surface area contributed by atoms with E-state index in [9.17, 15) is 9.90 Å². The average Bonchev–Trinajstić information content (AvgIpc) is 3.27.